The highest BCUT2D eigenvalue weighted by Crippen LogP contribution is 2.25. The van der Waals surface area contributed by atoms with Crippen LogP contribution in [0.4, 0.5) is 14.6 Å². The van der Waals surface area contributed by atoms with Crippen LogP contribution in [0.25, 0.3) is 0 Å². The largest absolute Gasteiger partial charge is 0.357 e. The third kappa shape index (κ3) is 5.42. The number of nitrogens with one attached hydrogen (secondary N) is 1. The number of halogens is 2. The summed E-state index contributed by atoms with van der Waals surface area (Å²) in [5, 5.41) is 2.89. The minimum Gasteiger partial charge on any atom is -0.357 e. The van der Waals surface area contributed by atoms with Gasteiger partial charge in [-0.3, -0.25) is 4.79 Å². The van der Waals surface area contributed by atoms with Crippen molar-refractivity contribution in [3.63, 3.8) is 0 Å². The van der Waals surface area contributed by atoms with Crippen LogP contribution in [0.15, 0.2) is 41.4 Å². The molecule has 1 saturated heterocycles. The monoisotopic (exact) mass is 466 g/mol. The molecule has 0 spiro atoms. The number of pyridine rings is 1. The molecule has 174 valence electrons. The molecule has 1 aliphatic rings. The molecule has 0 bridgehead atoms. The maximum absolute atomic E-state index is 13.4. The van der Waals surface area contributed by atoms with Gasteiger partial charge < -0.3 is 10.2 Å². The Morgan fingerprint density at radius 3 is 2.38 bits per heavy atom. The summed E-state index contributed by atoms with van der Waals surface area (Å²) in [5.74, 6) is -1.87. The fraction of sp³-hybridized carbons (Fsp3) is 0.455. The first kappa shape index (κ1) is 24.1. The quantitative estimate of drug-likeness (QED) is 0.647. The van der Waals surface area contributed by atoms with Crippen molar-refractivity contribution in [2.45, 2.75) is 38.1 Å². The predicted molar refractivity (Wildman–Crippen MR) is 117 cm³/mol. The third-order valence-electron chi connectivity index (χ3n) is 5.72. The molecule has 1 aromatic carbocycles. The number of rotatable bonds is 8. The number of piperidine rings is 1. The van der Waals surface area contributed by atoms with Crippen LogP contribution >= 0.6 is 0 Å². The van der Waals surface area contributed by atoms with E-state index in [0.29, 0.717) is 25.5 Å². The van der Waals surface area contributed by atoms with E-state index in [-0.39, 0.29) is 29.8 Å². The normalized spacial score (nSPS) is 15.5. The van der Waals surface area contributed by atoms with Crippen LogP contribution in [0.2, 0.25) is 0 Å². The molecule has 0 atom stereocenters. The first-order valence-corrected chi connectivity index (χ1v) is 12.1. The van der Waals surface area contributed by atoms with Gasteiger partial charge in [0.25, 0.3) is 0 Å². The van der Waals surface area contributed by atoms with Crippen molar-refractivity contribution in [3.8, 4) is 0 Å². The van der Waals surface area contributed by atoms with Crippen LogP contribution in [-0.4, -0.2) is 49.8 Å². The van der Waals surface area contributed by atoms with Gasteiger partial charge in [0, 0.05) is 44.8 Å². The number of sulfonamides is 1. The van der Waals surface area contributed by atoms with E-state index in [0.717, 1.165) is 36.6 Å². The molecule has 3 rings (SSSR count). The average Bonchev–Trinajstić information content (AvgIpc) is 2.81. The van der Waals surface area contributed by atoms with Crippen molar-refractivity contribution in [1.82, 2.24) is 14.6 Å². The summed E-state index contributed by atoms with van der Waals surface area (Å²) in [4.78, 5) is 18.8. The van der Waals surface area contributed by atoms with E-state index < -0.39 is 21.7 Å². The highest BCUT2D eigenvalue weighted by Gasteiger charge is 2.32. The van der Waals surface area contributed by atoms with E-state index >= 15 is 0 Å². The molecule has 2 heterocycles. The standard InChI is InChI=1S/C22H28F2N4O3S/c1-3-27(4-2)21-8-5-16(14-25-21)15-26-22(29)17-9-11-28(12-10-17)32(30,31)18-6-7-19(23)20(24)13-18/h5-8,13-14,17H,3-4,9-12,15H2,1-2H3,(H,26,29). The molecule has 1 N–H and O–H groups in total. The second-order valence-electron chi connectivity index (χ2n) is 7.67. The van der Waals surface area contributed by atoms with Gasteiger partial charge in [-0.1, -0.05) is 6.07 Å². The van der Waals surface area contributed by atoms with Crippen molar-refractivity contribution in [3.05, 3.63) is 53.7 Å². The summed E-state index contributed by atoms with van der Waals surface area (Å²) in [6.07, 6.45) is 2.45. The Kier molecular flexibility index (Phi) is 7.78. The maximum atomic E-state index is 13.4. The summed E-state index contributed by atoms with van der Waals surface area (Å²) < 4.78 is 53.1. The maximum Gasteiger partial charge on any atom is 0.243 e. The molecule has 1 aromatic heterocycles. The van der Waals surface area contributed by atoms with Crippen LogP contribution in [0.1, 0.15) is 32.3 Å². The van der Waals surface area contributed by atoms with Gasteiger partial charge >= 0.3 is 0 Å². The summed E-state index contributed by atoms with van der Waals surface area (Å²) >= 11 is 0. The molecule has 7 nitrogen and oxygen atoms in total. The van der Waals surface area contributed by atoms with Gasteiger partial charge in [0.05, 0.1) is 4.90 Å². The zero-order valence-electron chi connectivity index (χ0n) is 18.2. The van der Waals surface area contributed by atoms with E-state index in [4.69, 9.17) is 0 Å². The van der Waals surface area contributed by atoms with E-state index in [1.165, 1.54) is 4.31 Å². The number of amides is 1. The Labute approximate surface area is 187 Å². The second-order valence-corrected chi connectivity index (χ2v) is 9.61. The Morgan fingerprint density at radius 2 is 1.81 bits per heavy atom. The van der Waals surface area contributed by atoms with E-state index in [2.05, 4.69) is 29.0 Å². The lowest BCUT2D eigenvalue weighted by atomic mass is 9.97. The predicted octanol–water partition coefficient (Wildman–Crippen LogP) is 2.92. The SMILES string of the molecule is CCN(CC)c1ccc(CNC(=O)C2CCN(S(=O)(=O)c3ccc(F)c(F)c3)CC2)cn1. The van der Waals surface area contributed by atoms with Gasteiger partial charge in [0.1, 0.15) is 5.82 Å². The number of anilines is 1. The highest BCUT2D eigenvalue weighted by molar-refractivity contribution is 7.89. The number of nitrogens with zero attached hydrogens (tertiary/aromatic N) is 3. The summed E-state index contributed by atoms with van der Waals surface area (Å²) in [7, 11) is -3.94. The molecule has 0 saturated carbocycles. The number of hydrogen-bond donors (Lipinski definition) is 1. The first-order chi connectivity index (χ1) is 15.3. The Balaban J connectivity index is 1.52. The first-order valence-electron chi connectivity index (χ1n) is 10.7. The fourth-order valence-electron chi connectivity index (χ4n) is 3.73. The van der Waals surface area contributed by atoms with Gasteiger partial charge in [-0.25, -0.2) is 22.2 Å². The lowest BCUT2D eigenvalue weighted by Gasteiger charge is -2.30. The molecule has 32 heavy (non-hydrogen) atoms. The summed E-state index contributed by atoms with van der Waals surface area (Å²) in [6, 6.07) is 6.38. The number of benzene rings is 1. The molecule has 0 unspecified atom stereocenters. The van der Waals surface area contributed by atoms with Crippen molar-refractivity contribution in [2.75, 3.05) is 31.1 Å². The Hall–Kier alpha value is -2.59. The molecule has 0 aliphatic carbocycles. The zero-order chi connectivity index (χ0) is 23.3. The van der Waals surface area contributed by atoms with Gasteiger partial charge in [0.2, 0.25) is 15.9 Å². The van der Waals surface area contributed by atoms with Crippen LogP contribution in [0.3, 0.4) is 0 Å². The fourth-order valence-corrected chi connectivity index (χ4v) is 5.22. The average molecular weight is 467 g/mol. The van der Waals surface area contributed by atoms with Crippen LogP contribution in [-0.2, 0) is 21.4 Å². The number of aromatic nitrogens is 1. The number of hydrogen-bond acceptors (Lipinski definition) is 5. The van der Waals surface area contributed by atoms with Gasteiger partial charge in [-0.05, 0) is 56.5 Å². The van der Waals surface area contributed by atoms with Gasteiger partial charge in [-0.15, -0.1) is 0 Å². The van der Waals surface area contributed by atoms with Crippen molar-refractivity contribution in [2.24, 2.45) is 5.92 Å². The highest BCUT2D eigenvalue weighted by atomic mass is 32.2. The molecular formula is C22H28F2N4O3S. The van der Waals surface area contributed by atoms with Crippen molar-refractivity contribution in [1.29, 1.82) is 0 Å². The van der Waals surface area contributed by atoms with Crippen LogP contribution < -0.4 is 10.2 Å². The Morgan fingerprint density at radius 1 is 1.12 bits per heavy atom. The van der Waals surface area contributed by atoms with E-state index in [1.54, 1.807) is 6.20 Å². The third-order valence-corrected chi connectivity index (χ3v) is 7.61. The Bertz CT molecular complexity index is 1040. The summed E-state index contributed by atoms with van der Waals surface area (Å²) in [6.45, 7) is 6.48. The molecule has 10 heteroatoms. The molecule has 1 amide bonds. The minimum absolute atomic E-state index is 0.136. The lowest BCUT2D eigenvalue weighted by molar-refractivity contribution is -0.126. The molecule has 1 aliphatic heterocycles. The number of carbonyl (C=O) groups excluding carboxylic acids is 1. The van der Waals surface area contributed by atoms with Crippen molar-refractivity contribution < 1.29 is 22.0 Å². The smallest absolute Gasteiger partial charge is 0.243 e. The zero-order valence-corrected chi connectivity index (χ0v) is 19.0. The van der Waals surface area contributed by atoms with Crippen LogP contribution in [0, 0.1) is 17.6 Å². The molecule has 1 fully saturated rings. The van der Waals surface area contributed by atoms with E-state index in [1.807, 2.05) is 12.1 Å². The topological polar surface area (TPSA) is 82.6 Å². The minimum atomic E-state index is -3.94. The lowest BCUT2D eigenvalue weighted by Crippen LogP contribution is -2.42. The van der Waals surface area contributed by atoms with Gasteiger partial charge in [0.15, 0.2) is 11.6 Å². The summed E-state index contributed by atoms with van der Waals surface area (Å²) in [5.41, 5.74) is 0.882. The molecule has 0 radical (unpaired) electrons. The molecular weight excluding hydrogens is 438 g/mol. The second kappa shape index (κ2) is 10.4. The van der Waals surface area contributed by atoms with E-state index in [9.17, 15) is 22.0 Å². The van der Waals surface area contributed by atoms with Crippen molar-refractivity contribution >= 4 is 21.7 Å². The van der Waals surface area contributed by atoms with Crippen LogP contribution in [0.5, 0.6) is 0 Å². The molecule has 2 aromatic rings. The number of carbonyl (C=O) groups is 1. The van der Waals surface area contributed by atoms with Gasteiger partial charge in [-0.2, -0.15) is 4.31 Å².